The topological polar surface area (TPSA) is 44.9 Å². The molecule has 0 aliphatic heterocycles. The van der Waals surface area contributed by atoms with Crippen LogP contribution < -0.4 is 0 Å². The number of nitrogens with zero attached hydrogens (tertiary/aromatic N) is 4. The molecular formula is C13H21ClN4O. The second-order valence-corrected chi connectivity index (χ2v) is 5.19. The molecule has 2 aromatic heterocycles. The van der Waals surface area contributed by atoms with Gasteiger partial charge in [-0.1, -0.05) is 6.92 Å². The van der Waals surface area contributed by atoms with Gasteiger partial charge in [0, 0.05) is 20.2 Å². The van der Waals surface area contributed by atoms with Crippen LogP contribution in [0.25, 0.3) is 11.2 Å². The van der Waals surface area contributed by atoms with E-state index in [1.54, 1.807) is 0 Å². The normalized spacial score (nSPS) is 13.3. The Morgan fingerprint density at radius 1 is 1.37 bits per heavy atom. The van der Waals surface area contributed by atoms with Crippen molar-refractivity contribution in [1.82, 2.24) is 19.3 Å². The van der Waals surface area contributed by atoms with E-state index in [9.17, 15) is 0 Å². The van der Waals surface area contributed by atoms with Crippen molar-refractivity contribution in [3.63, 3.8) is 0 Å². The van der Waals surface area contributed by atoms with Crippen LogP contribution in [0.1, 0.15) is 37.7 Å². The molecule has 106 valence electrons. The molecule has 2 heterocycles. The van der Waals surface area contributed by atoms with Gasteiger partial charge in [-0.3, -0.25) is 4.68 Å². The van der Waals surface area contributed by atoms with E-state index in [0.717, 1.165) is 42.3 Å². The summed E-state index contributed by atoms with van der Waals surface area (Å²) in [7, 11) is 1.95. The van der Waals surface area contributed by atoms with Crippen LogP contribution in [0.5, 0.6) is 0 Å². The molecule has 0 saturated heterocycles. The van der Waals surface area contributed by atoms with Gasteiger partial charge in [0.1, 0.15) is 11.3 Å². The Labute approximate surface area is 118 Å². The fraction of sp³-hybridized carbons (Fsp3) is 0.692. The van der Waals surface area contributed by atoms with Crippen LogP contribution in [0.3, 0.4) is 0 Å². The zero-order chi connectivity index (χ0) is 14.0. The van der Waals surface area contributed by atoms with Crippen molar-refractivity contribution in [2.75, 3.05) is 13.2 Å². The summed E-state index contributed by atoms with van der Waals surface area (Å²) in [5.41, 5.74) is 3.01. The lowest BCUT2D eigenvalue weighted by atomic mass is 10.3. The van der Waals surface area contributed by atoms with Gasteiger partial charge in [-0.2, -0.15) is 5.10 Å². The van der Waals surface area contributed by atoms with Gasteiger partial charge >= 0.3 is 0 Å². The summed E-state index contributed by atoms with van der Waals surface area (Å²) >= 11 is 6.24. The van der Waals surface area contributed by atoms with Crippen LogP contribution in [0.15, 0.2) is 0 Å². The Kier molecular flexibility index (Phi) is 4.47. The van der Waals surface area contributed by atoms with Gasteiger partial charge in [0.2, 0.25) is 0 Å². The number of alkyl halides is 1. The molecule has 0 N–H and O–H groups in total. The first-order valence-electron chi connectivity index (χ1n) is 6.73. The molecule has 0 aliphatic carbocycles. The largest absolute Gasteiger partial charge is 0.380 e. The first-order chi connectivity index (χ1) is 9.10. The van der Waals surface area contributed by atoms with Crippen LogP contribution in [0.2, 0.25) is 0 Å². The zero-order valence-electron chi connectivity index (χ0n) is 12.0. The highest BCUT2D eigenvalue weighted by molar-refractivity contribution is 6.20. The van der Waals surface area contributed by atoms with E-state index in [4.69, 9.17) is 16.3 Å². The molecule has 1 atom stereocenters. The van der Waals surface area contributed by atoms with Crippen molar-refractivity contribution in [2.24, 2.45) is 7.05 Å². The monoisotopic (exact) mass is 284 g/mol. The fourth-order valence-corrected chi connectivity index (χ4v) is 2.49. The van der Waals surface area contributed by atoms with E-state index < -0.39 is 0 Å². The van der Waals surface area contributed by atoms with E-state index in [-0.39, 0.29) is 5.38 Å². The third-order valence-electron chi connectivity index (χ3n) is 3.17. The van der Waals surface area contributed by atoms with Gasteiger partial charge in [0.25, 0.3) is 0 Å². The van der Waals surface area contributed by atoms with Crippen molar-refractivity contribution in [3.05, 3.63) is 11.5 Å². The molecule has 19 heavy (non-hydrogen) atoms. The molecule has 0 aliphatic rings. The highest BCUT2D eigenvalue weighted by Crippen LogP contribution is 2.26. The first-order valence-corrected chi connectivity index (χ1v) is 7.17. The van der Waals surface area contributed by atoms with Crippen molar-refractivity contribution in [1.29, 1.82) is 0 Å². The molecule has 0 saturated carbocycles. The summed E-state index contributed by atoms with van der Waals surface area (Å²) in [6, 6.07) is 0. The minimum absolute atomic E-state index is 0.126. The predicted molar refractivity (Wildman–Crippen MR) is 76.6 cm³/mol. The Hall–Kier alpha value is -1.07. The van der Waals surface area contributed by atoms with Crippen LogP contribution >= 0.6 is 11.6 Å². The van der Waals surface area contributed by atoms with Crippen molar-refractivity contribution in [3.8, 4) is 0 Å². The molecule has 1 unspecified atom stereocenters. The molecular weight excluding hydrogens is 264 g/mol. The van der Waals surface area contributed by atoms with Crippen molar-refractivity contribution in [2.45, 2.75) is 39.1 Å². The molecule has 0 fully saturated rings. The molecule has 6 heteroatoms. The lowest BCUT2D eigenvalue weighted by Crippen LogP contribution is -2.12. The van der Waals surface area contributed by atoms with Gasteiger partial charge < -0.3 is 9.30 Å². The number of rotatable bonds is 6. The van der Waals surface area contributed by atoms with Crippen LogP contribution in [-0.4, -0.2) is 32.5 Å². The number of hydrogen-bond donors (Lipinski definition) is 0. The number of aryl methyl sites for hydroxylation is 2. The highest BCUT2D eigenvalue weighted by Gasteiger charge is 2.20. The molecule has 0 spiro atoms. The van der Waals surface area contributed by atoms with E-state index >= 15 is 0 Å². The molecule has 2 rings (SSSR count). The molecule has 0 aromatic carbocycles. The number of halogens is 1. The van der Waals surface area contributed by atoms with Crippen LogP contribution in [0.4, 0.5) is 0 Å². The minimum atomic E-state index is -0.126. The van der Waals surface area contributed by atoms with Crippen molar-refractivity contribution >= 4 is 22.8 Å². The van der Waals surface area contributed by atoms with Gasteiger partial charge in [-0.15, -0.1) is 11.6 Å². The molecule has 0 radical (unpaired) electrons. The zero-order valence-corrected chi connectivity index (χ0v) is 12.7. The number of ether oxygens (including phenoxy) is 1. The van der Waals surface area contributed by atoms with E-state index in [2.05, 4.69) is 21.6 Å². The summed E-state index contributed by atoms with van der Waals surface area (Å²) in [4.78, 5) is 4.67. The Bertz CT molecular complexity index is 558. The quantitative estimate of drug-likeness (QED) is 0.605. The third-order valence-corrected chi connectivity index (χ3v) is 3.37. The molecule has 5 nitrogen and oxygen atoms in total. The smallest absolute Gasteiger partial charge is 0.158 e. The summed E-state index contributed by atoms with van der Waals surface area (Å²) in [6.45, 7) is 8.15. The van der Waals surface area contributed by atoms with E-state index in [1.165, 1.54) is 0 Å². The van der Waals surface area contributed by atoms with Gasteiger partial charge in [0.15, 0.2) is 5.65 Å². The summed E-state index contributed by atoms with van der Waals surface area (Å²) in [5.74, 6) is 0.888. The average molecular weight is 285 g/mol. The number of hydrogen-bond acceptors (Lipinski definition) is 3. The number of aromatic nitrogens is 4. The Morgan fingerprint density at radius 2 is 2.11 bits per heavy atom. The predicted octanol–water partition coefficient (Wildman–Crippen LogP) is 2.67. The standard InChI is InChI=1S/C13H21ClN4O/c1-5-10-11-13(17(4)16-10)18(7-8-19-6-2)12(15-11)9(3)14/h9H,5-8H2,1-4H3. The maximum Gasteiger partial charge on any atom is 0.158 e. The minimum Gasteiger partial charge on any atom is -0.380 e. The highest BCUT2D eigenvalue weighted by atomic mass is 35.5. The SMILES string of the molecule is CCOCCn1c(C(C)Cl)nc2c(CC)nn(C)c21. The van der Waals surface area contributed by atoms with E-state index in [1.807, 2.05) is 25.6 Å². The summed E-state index contributed by atoms with van der Waals surface area (Å²) in [6.07, 6.45) is 0.871. The first kappa shape index (κ1) is 14.3. The van der Waals surface area contributed by atoms with Crippen molar-refractivity contribution < 1.29 is 4.74 Å². The summed E-state index contributed by atoms with van der Waals surface area (Å²) < 4.78 is 9.45. The average Bonchev–Trinajstić information content (AvgIpc) is 2.89. The fourth-order valence-electron chi connectivity index (χ4n) is 2.32. The number of fused-ring (bicyclic) bond motifs is 1. The Balaban J connectivity index is 2.49. The molecule has 0 amide bonds. The second-order valence-electron chi connectivity index (χ2n) is 4.53. The van der Waals surface area contributed by atoms with Crippen LogP contribution in [0, 0.1) is 0 Å². The van der Waals surface area contributed by atoms with Gasteiger partial charge in [-0.05, 0) is 20.3 Å². The summed E-state index contributed by atoms with van der Waals surface area (Å²) in [5, 5.41) is 4.38. The Morgan fingerprint density at radius 3 is 2.68 bits per heavy atom. The van der Waals surface area contributed by atoms with E-state index in [0.29, 0.717) is 6.61 Å². The second kappa shape index (κ2) is 5.92. The third kappa shape index (κ3) is 2.62. The van der Waals surface area contributed by atoms with Gasteiger partial charge in [0.05, 0.1) is 17.7 Å². The lowest BCUT2D eigenvalue weighted by molar-refractivity contribution is 0.139. The molecule has 0 bridgehead atoms. The number of imidazole rings is 1. The molecule has 2 aromatic rings. The maximum absolute atomic E-state index is 6.24. The lowest BCUT2D eigenvalue weighted by Gasteiger charge is -2.10. The van der Waals surface area contributed by atoms with Crippen LogP contribution in [-0.2, 0) is 24.8 Å². The maximum atomic E-state index is 6.24. The van der Waals surface area contributed by atoms with Gasteiger partial charge in [-0.25, -0.2) is 4.98 Å².